The first-order chi connectivity index (χ1) is 52.5. The second kappa shape index (κ2) is 24.8. The highest BCUT2D eigenvalue weighted by molar-refractivity contribution is 6.15. The molecular formula is C99H63N7. The Morgan fingerprint density at radius 2 is 0.377 bits per heavy atom. The second-order valence-corrected chi connectivity index (χ2v) is 27.5. The molecule has 5 aromatic heterocycles. The predicted octanol–water partition coefficient (Wildman–Crippen LogP) is 25.6. The molecule has 0 saturated heterocycles. The molecule has 0 aliphatic carbocycles. The first-order valence-corrected chi connectivity index (χ1v) is 36.1. The van der Waals surface area contributed by atoms with Crippen molar-refractivity contribution in [2.24, 2.45) is 0 Å². The Balaban J connectivity index is 0.678. The molecule has 5 heterocycles. The van der Waals surface area contributed by atoms with Gasteiger partial charge in [-0.2, -0.15) is 0 Å². The fourth-order valence-corrected chi connectivity index (χ4v) is 16.4. The summed E-state index contributed by atoms with van der Waals surface area (Å²) in [7, 11) is 0. The molecule has 0 aliphatic heterocycles. The topological polar surface area (TPSA) is 58.4 Å². The number of para-hydroxylation sites is 6. The highest BCUT2D eigenvalue weighted by Gasteiger charge is 2.22. The van der Waals surface area contributed by atoms with Gasteiger partial charge >= 0.3 is 0 Å². The first kappa shape index (κ1) is 60.5. The van der Waals surface area contributed by atoms with E-state index in [0.717, 1.165) is 106 Å². The Kier molecular flexibility index (Phi) is 14.1. The van der Waals surface area contributed by atoms with Crippen molar-refractivity contribution in [3.05, 3.63) is 382 Å². The Morgan fingerprint density at radius 3 is 0.774 bits per heavy atom. The van der Waals surface area contributed by atoms with Crippen molar-refractivity contribution in [3.63, 3.8) is 0 Å². The molecule has 0 amide bonds. The van der Waals surface area contributed by atoms with Crippen molar-refractivity contribution in [2.45, 2.75) is 0 Å². The number of benzene rings is 16. The van der Waals surface area contributed by atoms with E-state index in [1.165, 1.54) is 76.3 Å². The van der Waals surface area contributed by atoms with Gasteiger partial charge < -0.3 is 18.3 Å². The summed E-state index contributed by atoms with van der Waals surface area (Å²) in [6, 6.07) is 138. The summed E-state index contributed by atoms with van der Waals surface area (Å²) in [6.07, 6.45) is 0. The lowest BCUT2D eigenvalue weighted by Gasteiger charge is -2.14. The minimum Gasteiger partial charge on any atom is -0.309 e. The zero-order valence-corrected chi connectivity index (χ0v) is 57.5. The van der Waals surface area contributed by atoms with E-state index in [-0.39, 0.29) is 0 Å². The van der Waals surface area contributed by atoms with Crippen LogP contribution < -0.4 is 0 Å². The summed E-state index contributed by atoms with van der Waals surface area (Å²) in [5, 5.41) is 9.64. The fourth-order valence-electron chi connectivity index (χ4n) is 16.4. The van der Waals surface area contributed by atoms with E-state index >= 15 is 0 Å². The van der Waals surface area contributed by atoms with Gasteiger partial charge in [0.15, 0.2) is 17.5 Å². The molecule has 7 heteroatoms. The Morgan fingerprint density at radius 1 is 0.132 bits per heavy atom. The lowest BCUT2D eigenvalue weighted by atomic mass is 9.93. The highest BCUT2D eigenvalue weighted by Crippen LogP contribution is 2.43. The molecule has 0 bridgehead atoms. The minimum absolute atomic E-state index is 0.570. The smallest absolute Gasteiger partial charge is 0.164 e. The normalized spacial score (nSPS) is 11.8. The Hall–Kier alpha value is -14.3. The number of rotatable bonds is 12. The number of fused-ring (bicyclic) bond motifs is 12. The maximum Gasteiger partial charge on any atom is 0.164 e. The summed E-state index contributed by atoms with van der Waals surface area (Å²) >= 11 is 0. The van der Waals surface area contributed by atoms with Gasteiger partial charge in [0.2, 0.25) is 0 Å². The van der Waals surface area contributed by atoms with Gasteiger partial charge in [0.1, 0.15) is 0 Å². The molecule has 0 aliphatic rings. The monoisotopic (exact) mass is 1350 g/mol. The first-order valence-electron chi connectivity index (χ1n) is 36.1. The summed E-state index contributed by atoms with van der Waals surface area (Å²) in [5.41, 5.74) is 27.6. The van der Waals surface area contributed by atoms with Crippen LogP contribution in [0, 0.1) is 0 Å². The van der Waals surface area contributed by atoms with Crippen LogP contribution in [0.5, 0.6) is 0 Å². The van der Waals surface area contributed by atoms with E-state index in [0.29, 0.717) is 17.5 Å². The van der Waals surface area contributed by atoms with Gasteiger partial charge in [0.25, 0.3) is 0 Å². The van der Waals surface area contributed by atoms with Crippen LogP contribution in [0.1, 0.15) is 0 Å². The third kappa shape index (κ3) is 10.2. The number of nitrogens with zero attached hydrogens (tertiary/aromatic N) is 7. The van der Waals surface area contributed by atoms with Crippen molar-refractivity contribution >= 4 is 87.2 Å². The second-order valence-electron chi connectivity index (χ2n) is 27.5. The largest absolute Gasteiger partial charge is 0.309 e. The SMILES string of the molecule is c1ccc(-c2cc(-c3ccccc3)cc(-c3cccc(-c4nc(-c5ccc(-n6c7ccccc7c7cc(-c8ccc9c(c8)c8ccccc8n9-c8ccccc8)ccc76)cc5)nc(-c5cccc(-n6c7ccccc7c7cc(-c8ccc9c(c8)c8ccccc8n9-c8ccccc8)ccc76)c5)n4)c3)c2)cc1. The standard InChI is InChI=1S/C99H63N7/c1-5-23-64(24-6-1)74-56-75(65-25-7-2-8-26-65)58-76(57-74)67-27-21-28-72(55-67)98-100-97(66-43-49-79(50-44-66)105-91-41-19-15-37-83(91)87-62-70(47-53-95(87)105)68-45-51-93-85(60-68)81-35-13-17-39-89(81)103(93)77-30-9-3-10-31-77)101-99(102-98)73-29-22-34-80(59-73)106-92-42-20-16-38-84(92)88-63-71(48-54-96(88)106)69-46-52-94-86(61-69)82-36-14-18-40-90(82)104(94)78-32-11-4-12-33-78/h1-63H. The third-order valence-corrected chi connectivity index (χ3v) is 21.4. The van der Waals surface area contributed by atoms with Crippen LogP contribution in [-0.2, 0) is 0 Å². The van der Waals surface area contributed by atoms with Crippen LogP contribution in [0.15, 0.2) is 382 Å². The zero-order chi connectivity index (χ0) is 69.8. The molecule has 494 valence electrons. The molecule has 16 aromatic carbocycles. The average Bonchev–Trinajstić information content (AvgIpc) is 1.61. The summed E-state index contributed by atoms with van der Waals surface area (Å²) in [4.78, 5) is 16.4. The van der Waals surface area contributed by atoms with Gasteiger partial charge in [-0.25, -0.2) is 15.0 Å². The Bertz CT molecular complexity index is 6990. The van der Waals surface area contributed by atoms with Crippen molar-refractivity contribution in [1.29, 1.82) is 0 Å². The van der Waals surface area contributed by atoms with Crippen molar-refractivity contribution in [1.82, 2.24) is 33.2 Å². The quantitative estimate of drug-likeness (QED) is 0.122. The van der Waals surface area contributed by atoms with Gasteiger partial charge in [-0.15, -0.1) is 0 Å². The molecule has 0 saturated carbocycles. The minimum atomic E-state index is 0.570. The molecule has 0 atom stereocenters. The summed E-state index contributed by atoms with van der Waals surface area (Å²) in [5.74, 6) is 1.72. The van der Waals surface area contributed by atoms with Gasteiger partial charge in [0.05, 0.1) is 44.1 Å². The van der Waals surface area contributed by atoms with E-state index in [9.17, 15) is 0 Å². The summed E-state index contributed by atoms with van der Waals surface area (Å²) in [6.45, 7) is 0. The van der Waals surface area contributed by atoms with Gasteiger partial charge in [-0.1, -0.05) is 224 Å². The highest BCUT2D eigenvalue weighted by atomic mass is 15.0. The van der Waals surface area contributed by atoms with Crippen LogP contribution in [0.2, 0.25) is 0 Å². The predicted molar refractivity (Wildman–Crippen MR) is 441 cm³/mol. The molecule has 21 rings (SSSR count). The molecule has 106 heavy (non-hydrogen) atoms. The number of hydrogen-bond acceptors (Lipinski definition) is 3. The van der Waals surface area contributed by atoms with E-state index in [4.69, 9.17) is 15.0 Å². The lowest BCUT2D eigenvalue weighted by molar-refractivity contribution is 1.07. The third-order valence-electron chi connectivity index (χ3n) is 21.4. The number of aromatic nitrogens is 7. The van der Waals surface area contributed by atoms with Gasteiger partial charge in [-0.05, 0) is 213 Å². The van der Waals surface area contributed by atoms with Crippen LogP contribution in [0.3, 0.4) is 0 Å². The van der Waals surface area contributed by atoms with Crippen LogP contribution >= 0.6 is 0 Å². The van der Waals surface area contributed by atoms with E-state index < -0.39 is 0 Å². The molecule has 7 nitrogen and oxygen atoms in total. The van der Waals surface area contributed by atoms with Crippen LogP contribution in [0.4, 0.5) is 0 Å². The van der Waals surface area contributed by atoms with Gasteiger partial charge in [0, 0.05) is 82.5 Å². The summed E-state index contributed by atoms with van der Waals surface area (Å²) < 4.78 is 9.51. The zero-order valence-electron chi connectivity index (χ0n) is 57.5. The maximum atomic E-state index is 5.47. The molecule has 21 aromatic rings. The molecule has 0 radical (unpaired) electrons. The van der Waals surface area contributed by atoms with Crippen molar-refractivity contribution in [3.8, 4) is 113 Å². The van der Waals surface area contributed by atoms with E-state index in [1.807, 2.05) is 0 Å². The van der Waals surface area contributed by atoms with Crippen molar-refractivity contribution in [2.75, 3.05) is 0 Å². The van der Waals surface area contributed by atoms with E-state index in [2.05, 4.69) is 400 Å². The number of hydrogen-bond donors (Lipinski definition) is 0. The molecule has 0 N–H and O–H groups in total. The fraction of sp³-hybridized carbons (Fsp3) is 0. The average molecular weight is 1350 g/mol. The van der Waals surface area contributed by atoms with Crippen LogP contribution in [0.25, 0.3) is 200 Å². The molecule has 0 spiro atoms. The van der Waals surface area contributed by atoms with Crippen molar-refractivity contribution < 1.29 is 0 Å². The van der Waals surface area contributed by atoms with Crippen LogP contribution in [-0.4, -0.2) is 33.2 Å². The maximum absolute atomic E-state index is 5.47. The molecule has 0 fully saturated rings. The molecular weight excluding hydrogens is 1290 g/mol. The van der Waals surface area contributed by atoms with Gasteiger partial charge in [-0.3, -0.25) is 0 Å². The Labute approximate surface area is 611 Å². The molecule has 0 unspecified atom stereocenters. The lowest BCUT2D eigenvalue weighted by Crippen LogP contribution is -2.01. The van der Waals surface area contributed by atoms with E-state index in [1.54, 1.807) is 0 Å².